The summed E-state index contributed by atoms with van der Waals surface area (Å²) in [5.74, 6) is -1.72. The molecule has 1 aliphatic heterocycles. The van der Waals surface area contributed by atoms with Gasteiger partial charge in [0.2, 0.25) is 0 Å². The Morgan fingerprint density at radius 1 is 1.11 bits per heavy atom. The second-order valence-corrected chi connectivity index (χ2v) is 8.19. The lowest BCUT2D eigenvalue weighted by atomic mass is 9.96. The van der Waals surface area contributed by atoms with Gasteiger partial charge < -0.3 is 9.52 Å². The van der Waals surface area contributed by atoms with Crippen molar-refractivity contribution >= 4 is 11.6 Å². The smallest absolute Gasteiger partial charge is 0.475 e. The Hall–Kier alpha value is -3.73. The molecule has 0 spiro atoms. The summed E-state index contributed by atoms with van der Waals surface area (Å²) in [6.45, 7) is 2.98. The van der Waals surface area contributed by atoms with Crippen LogP contribution < -0.4 is 0 Å². The summed E-state index contributed by atoms with van der Waals surface area (Å²) in [6, 6.07) is 12.5. The van der Waals surface area contributed by atoms with Crippen molar-refractivity contribution in [3.8, 4) is 11.1 Å². The van der Waals surface area contributed by atoms with E-state index in [-0.39, 0.29) is 5.82 Å². The highest BCUT2D eigenvalue weighted by Crippen LogP contribution is 2.28. The Morgan fingerprint density at radius 3 is 2.49 bits per heavy atom. The Balaban J connectivity index is 0.000000364. The Labute approximate surface area is 197 Å². The third kappa shape index (κ3) is 6.24. The highest BCUT2D eigenvalue weighted by atomic mass is 19.4. The number of halogens is 4. The van der Waals surface area contributed by atoms with Crippen LogP contribution in [0.25, 0.3) is 16.8 Å². The van der Waals surface area contributed by atoms with E-state index >= 15 is 0 Å². The first kappa shape index (κ1) is 24.4. The first-order valence-corrected chi connectivity index (χ1v) is 10.8. The van der Waals surface area contributed by atoms with Crippen molar-refractivity contribution in [2.24, 2.45) is 0 Å². The van der Waals surface area contributed by atoms with E-state index in [1.807, 2.05) is 41.2 Å². The molecule has 0 atom stereocenters. The quantitative estimate of drug-likeness (QED) is 0.399. The molecule has 35 heavy (non-hydrogen) atoms. The molecule has 184 valence electrons. The predicted octanol–water partition coefficient (Wildman–Crippen LogP) is 5.14. The molecule has 0 bridgehead atoms. The maximum Gasteiger partial charge on any atom is 0.490 e. The van der Waals surface area contributed by atoms with Gasteiger partial charge in [0.25, 0.3) is 0 Å². The van der Waals surface area contributed by atoms with Gasteiger partial charge in [0.05, 0.1) is 12.5 Å². The summed E-state index contributed by atoms with van der Waals surface area (Å²) in [7, 11) is 0. The maximum absolute atomic E-state index is 13.5. The number of hydrogen-bond acceptors (Lipinski definition) is 5. The number of nitrogens with zero attached hydrogens (tertiary/aromatic N) is 4. The molecule has 5 rings (SSSR count). The van der Waals surface area contributed by atoms with Crippen LogP contribution in [0.15, 0.2) is 65.6 Å². The third-order valence-electron chi connectivity index (χ3n) is 5.69. The fourth-order valence-electron chi connectivity index (χ4n) is 3.90. The van der Waals surface area contributed by atoms with E-state index in [0.717, 1.165) is 55.1 Å². The second-order valence-electron chi connectivity index (χ2n) is 8.19. The summed E-state index contributed by atoms with van der Waals surface area (Å²) in [5, 5.41) is 11.8. The molecule has 1 saturated heterocycles. The average Bonchev–Trinajstić information content (AvgIpc) is 3.48. The highest BCUT2D eigenvalue weighted by molar-refractivity contribution is 5.73. The summed E-state index contributed by atoms with van der Waals surface area (Å²) in [4.78, 5) is 16.1. The SMILES string of the molecule is Fc1cccc(-c2ccc3nc(C4CCN(Cc5ccoc5)CC4)nn3c2)c1.O=C(O)C(F)(F)F. The lowest BCUT2D eigenvalue weighted by Gasteiger charge is -2.30. The molecule has 1 aliphatic rings. The molecule has 1 aromatic carbocycles. The van der Waals surface area contributed by atoms with Crippen LogP contribution in [0.1, 0.15) is 30.1 Å². The summed E-state index contributed by atoms with van der Waals surface area (Å²) < 4.78 is 52.2. The molecule has 4 heterocycles. The van der Waals surface area contributed by atoms with Gasteiger partial charge in [-0.25, -0.2) is 18.7 Å². The average molecular weight is 490 g/mol. The molecular weight excluding hydrogens is 468 g/mol. The second kappa shape index (κ2) is 10.3. The minimum Gasteiger partial charge on any atom is -0.475 e. The molecule has 11 heteroatoms. The number of carbonyl (C=O) groups is 1. The topological polar surface area (TPSA) is 83.9 Å². The molecule has 3 aromatic heterocycles. The molecule has 1 fully saturated rings. The van der Waals surface area contributed by atoms with Crippen LogP contribution in [-0.4, -0.2) is 49.8 Å². The minimum absolute atomic E-state index is 0.237. The van der Waals surface area contributed by atoms with Gasteiger partial charge in [-0.2, -0.15) is 18.3 Å². The van der Waals surface area contributed by atoms with Crippen LogP contribution in [-0.2, 0) is 11.3 Å². The van der Waals surface area contributed by atoms with Crippen molar-refractivity contribution in [1.29, 1.82) is 0 Å². The minimum atomic E-state index is -5.08. The molecule has 0 saturated carbocycles. The van der Waals surface area contributed by atoms with Gasteiger partial charge in [-0.05, 0) is 61.8 Å². The fraction of sp³-hybridized carbons (Fsp3) is 0.292. The molecule has 0 amide bonds. The van der Waals surface area contributed by atoms with Gasteiger partial charge in [0.1, 0.15) is 5.82 Å². The van der Waals surface area contributed by atoms with Crippen molar-refractivity contribution in [3.63, 3.8) is 0 Å². The van der Waals surface area contributed by atoms with E-state index in [4.69, 9.17) is 24.4 Å². The monoisotopic (exact) mass is 490 g/mol. The van der Waals surface area contributed by atoms with Crippen molar-refractivity contribution in [2.45, 2.75) is 31.5 Å². The number of alkyl halides is 3. The zero-order valence-electron chi connectivity index (χ0n) is 18.5. The molecule has 0 unspecified atom stereocenters. The Morgan fingerprint density at radius 2 is 1.86 bits per heavy atom. The number of rotatable bonds is 4. The highest BCUT2D eigenvalue weighted by Gasteiger charge is 2.38. The van der Waals surface area contributed by atoms with Crippen molar-refractivity contribution in [3.05, 3.63) is 78.4 Å². The van der Waals surface area contributed by atoms with E-state index in [0.29, 0.717) is 5.92 Å². The normalized spacial score (nSPS) is 15.1. The first-order valence-electron chi connectivity index (χ1n) is 10.8. The predicted molar refractivity (Wildman–Crippen MR) is 118 cm³/mol. The van der Waals surface area contributed by atoms with Gasteiger partial charge in [-0.1, -0.05) is 12.1 Å². The van der Waals surface area contributed by atoms with Crippen LogP contribution in [0, 0.1) is 5.82 Å². The number of likely N-dealkylation sites (tertiary alicyclic amines) is 1. The molecule has 7 nitrogen and oxygen atoms in total. The van der Waals surface area contributed by atoms with Gasteiger partial charge in [0, 0.05) is 29.8 Å². The van der Waals surface area contributed by atoms with E-state index < -0.39 is 12.1 Å². The van der Waals surface area contributed by atoms with Gasteiger partial charge in [-0.3, -0.25) is 4.90 Å². The fourth-order valence-corrected chi connectivity index (χ4v) is 3.90. The number of benzene rings is 1. The number of pyridine rings is 1. The molecular formula is C24H22F4N4O3. The molecule has 1 N–H and O–H groups in total. The molecule has 0 radical (unpaired) electrons. The Kier molecular flexibility index (Phi) is 7.15. The van der Waals surface area contributed by atoms with Gasteiger partial charge in [0.15, 0.2) is 11.5 Å². The number of hydrogen-bond donors (Lipinski definition) is 1. The van der Waals surface area contributed by atoms with Gasteiger partial charge >= 0.3 is 12.1 Å². The summed E-state index contributed by atoms with van der Waals surface area (Å²) in [6.07, 6.45) is 2.47. The summed E-state index contributed by atoms with van der Waals surface area (Å²) >= 11 is 0. The standard InChI is InChI=1S/C22H21FN4O.C2HF3O2/c23-20-3-1-2-18(12-20)19-4-5-21-24-22(25-27(21)14-19)17-6-9-26(10-7-17)13-16-8-11-28-15-16;3-2(4,5)1(6)7/h1-5,8,11-12,14-15,17H,6-7,9-10,13H2;(H,6,7). The van der Waals surface area contributed by atoms with E-state index in [1.165, 1.54) is 17.7 Å². The molecule has 4 aromatic rings. The number of piperidine rings is 1. The number of fused-ring (bicyclic) bond motifs is 1. The van der Waals surface area contributed by atoms with Crippen molar-refractivity contribution in [2.75, 3.05) is 13.1 Å². The first-order chi connectivity index (χ1) is 16.7. The van der Waals surface area contributed by atoms with Gasteiger partial charge in [-0.15, -0.1) is 0 Å². The van der Waals surface area contributed by atoms with E-state index in [9.17, 15) is 17.6 Å². The van der Waals surface area contributed by atoms with Crippen LogP contribution in [0.2, 0.25) is 0 Å². The van der Waals surface area contributed by atoms with Crippen LogP contribution in [0.3, 0.4) is 0 Å². The van der Waals surface area contributed by atoms with Crippen LogP contribution in [0.5, 0.6) is 0 Å². The third-order valence-corrected chi connectivity index (χ3v) is 5.69. The number of carboxylic acid groups (broad SMARTS) is 1. The largest absolute Gasteiger partial charge is 0.490 e. The zero-order valence-corrected chi connectivity index (χ0v) is 18.5. The Bertz CT molecular complexity index is 1280. The van der Waals surface area contributed by atoms with E-state index in [1.54, 1.807) is 12.3 Å². The van der Waals surface area contributed by atoms with E-state index in [2.05, 4.69) is 4.90 Å². The van der Waals surface area contributed by atoms with Crippen LogP contribution >= 0.6 is 0 Å². The number of aliphatic carboxylic acids is 1. The number of aromatic nitrogens is 3. The maximum atomic E-state index is 13.5. The lowest BCUT2D eigenvalue weighted by molar-refractivity contribution is -0.192. The van der Waals surface area contributed by atoms with Crippen molar-refractivity contribution < 1.29 is 31.9 Å². The molecule has 0 aliphatic carbocycles. The lowest BCUT2D eigenvalue weighted by Crippen LogP contribution is -2.32. The zero-order chi connectivity index (χ0) is 25.0. The van der Waals surface area contributed by atoms with Crippen molar-refractivity contribution in [1.82, 2.24) is 19.5 Å². The number of carboxylic acids is 1. The van der Waals surface area contributed by atoms with Crippen LogP contribution in [0.4, 0.5) is 17.6 Å². The summed E-state index contributed by atoms with van der Waals surface area (Å²) in [5.41, 5.74) is 3.81. The number of furan rings is 1.